The van der Waals surface area contributed by atoms with Crippen LogP contribution in [0.2, 0.25) is 0 Å². The van der Waals surface area contributed by atoms with Gasteiger partial charge in [0.25, 0.3) is 0 Å². The van der Waals surface area contributed by atoms with Crippen molar-refractivity contribution in [2.75, 3.05) is 44.4 Å². The molecule has 2 bridgehead atoms. The van der Waals surface area contributed by atoms with Gasteiger partial charge in [0.15, 0.2) is 0 Å². The Morgan fingerprint density at radius 1 is 1.05 bits per heavy atom. The van der Waals surface area contributed by atoms with Gasteiger partial charge in [0.2, 0.25) is 29.5 Å². The number of esters is 1. The van der Waals surface area contributed by atoms with E-state index in [2.05, 4.69) is 21.3 Å². The highest BCUT2D eigenvalue weighted by Gasteiger charge is 2.52. The van der Waals surface area contributed by atoms with Crippen LogP contribution in [0.1, 0.15) is 38.5 Å². The molecule has 220 valence electrons. The quantitative estimate of drug-likeness (QED) is 0.180. The van der Waals surface area contributed by atoms with Crippen molar-refractivity contribution in [2.24, 2.45) is 0 Å². The van der Waals surface area contributed by atoms with Crippen LogP contribution in [0.25, 0.3) is 0 Å². The molecule has 0 radical (unpaired) electrons. The van der Waals surface area contributed by atoms with Gasteiger partial charge >= 0.3 is 5.97 Å². The molecule has 1 aliphatic carbocycles. The standard InChI is InChI=1S/C25H35N5O8S2/c31-19-13-16-3-1-2-12-39-40-15-18(23(35)29-25(6-7-25)24(36)26-14-21(33)38-16)28-22(34)17(27-19)4-5-20(32)30-8-10-37-11-9-30/h1,3,16-18H,2,4-15H2,(H,26,36)(H,27,31)(H,28,34)(H,29,35)/b3-1+/t16-,17-,18-/m1/s1. The van der Waals surface area contributed by atoms with Crippen LogP contribution in [-0.4, -0.2) is 108 Å². The zero-order valence-electron chi connectivity index (χ0n) is 22.1. The smallest absolute Gasteiger partial charge is 0.326 e. The Hall–Kier alpha value is -2.78. The van der Waals surface area contributed by atoms with Gasteiger partial charge in [-0.25, -0.2) is 0 Å². The predicted octanol–water partition coefficient (Wildman–Crippen LogP) is -0.983. The van der Waals surface area contributed by atoms with Crippen molar-refractivity contribution in [3.8, 4) is 0 Å². The molecular formula is C25H35N5O8S2. The summed E-state index contributed by atoms with van der Waals surface area (Å²) in [4.78, 5) is 79.5. The number of carbonyl (C=O) groups is 6. The highest BCUT2D eigenvalue weighted by molar-refractivity contribution is 8.76. The first kappa shape index (κ1) is 30.2. The molecule has 3 heterocycles. The van der Waals surface area contributed by atoms with Crippen LogP contribution in [0.5, 0.6) is 0 Å². The number of carbonyl (C=O) groups excluding carboxylic acids is 6. The second-order valence-corrected chi connectivity index (χ2v) is 12.7. The van der Waals surface area contributed by atoms with Crippen molar-refractivity contribution >= 4 is 57.1 Å². The number of nitrogens with one attached hydrogen (secondary N) is 4. The van der Waals surface area contributed by atoms with E-state index in [9.17, 15) is 28.8 Å². The summed E-state index contributed by atoms with van der Waals surface area (Å²) in [6.45, 7) is 1.36. The first-order valence-electron chi connectivity index (χ1n) is 13.4. The lowest BCUT2D eigenvalue weighted by Gasteiger charge is -2.28. The van der Waals surface area contributed by atoms with E-state index >= 15 is 0 Å². The monoisotopic (exact) mass is 597 g/mol. The molecule has 4 aliphatic rings. The van der Waals surface area contributed by atoms with Gasteiger partial charge in [-0.2, -0.15) is 0 Å². The minimum Gasteiger partial charge on any atom is -0.456 e. The Kier molecular flexibility index (Phi) is 10.7. The summed E-state index contributed by atoms with van der Waals surface area (Å²) in [7, 11) is 2.91. The third-order valence-corrected chi connectivity index (χ3v) is 9.39. The lowest BCUT2D eigenvalue weighted by Crippen LogP contribution is -2.59. The molecule has 3 atom stereocenters. The molecule has 13 nitrogen and oxygen atoms in total. The molecule has 0 aromatic carbocycles. The largest absolute Gasteiger partial charge is 0.456 e. The molecule has 1 spiro atoms. The molecule has 1 saturated carbocycles. The Labute approximate surface area is 240 Å². The van der Waals surface area contributed by atoms with E-state index in [1.165, 1.54) is 21.6 Å². The Bertz CT molecular complexity index is 1030. The summed E-state index contributed by atoms with van der Waals surface area (Å²) >= 11 is 0. The van der Waals surface area contributed by atoms with Crippen molar-refractivity contribution in [3.05, 3.63) is 12.2 Å². The molecule has 40 heavy (non-hydrogen) atoms. The van der Waals surface area contributed by atoms with Crippen molar-refractivity contribution in [1.29, 1.82) is 0 Å². The van der Waals surface area contributed by atoms with Gasteiger partial charge in [-0.15, -0.1) is 0 Å². The van der Waals surface area contributed by atoms with E-state index in [0.29, 0.717) is 51.3 Å². The maximum Gasteiger partial charge on any atom is 0.326 e. The highest BCUT2D eigenvalue weighted by Crippen LogP contribution is 2.36. The molecule has 0 aromatic heterocycles. The van der Waals surface area contributed by atoms with Crippen LogP contribution in [0.15, 0.2) is 12.2 Å². The molecule has 0 unspecified atom stereocenters. The first-order chi connectivity index (χ1) is 19.3. The molecule has 2 saturated heterocycles. The fraction of sp³-hybridized carbons (Fsp3) is 0.680. The van der Waals surface area contributed by atoms with Crippen molar-refractivity contribution in [3.63, 3.8) is 0 Å². The van der Waals surface area contributed by atoms with Crippen LogP contribution >= 0.6 is 21.6 Å². The lowest BCUT2D eigenvalue weighted by molar-refractivity contribution is -0.148. The van der Waals surface area contributed by atoms with Gasteiger partial charge in [-0.05, 0) is 31.8 Å². The van der Waals surface area contributed by atoms with Crippen LogP contribution in [-0.2, 0) is 38.2 Å². The number of allylic oxidation sites excluding steroid dienone is 1. The first-order valence-corrected chi connectivity index (χ1v) is 15.9. The SMILES string of the molecule is O=C1C[C@H]2/C=C/CCSSC[C@@H](NC(=O)[C@@H](CCC(=O)N3CCOCC3)N1)C(=O)NC1(CC1)C(=O)NCC(=O)O2. The summed E-state index contributed by atoms with van der Waals surface area (Å²) in [5.74, 6) is -2.21. The van der Waals surface area contributed by atoms with E-state index in [4.69, 9.17) is 9.47 Å². The summed E-state index contributed by atoms with van der Waals surface area (Å²) in [5.41, 5.74) is -1.15. The van der Waals surface area contributed by atoms with E-state index in [0.717, 1.165) is 0 Å². The molecule has 3 aliphatic heterocycles. The van der Waals surface area contributed by atoms with Gasteiger partial charge in [-0.1, -0.05) is 27.7 Å². The summed E-state index contributed by atoms with van der Waals surface area (Å²) < 4.78 is 10.7. The second-order valence-electron chi connectivity index (χ2n) is 10.0. The number of morpholine rings is 1. The Morgan fingerprint density at radius 3 is 2.58 bits per heavy atom. The maximum atomic E-state index is 13.4. The van der Waals surface area contributed by atoms with E-state index in [1.807, 2.05) is 0 Å². The molecule has 3 fully saturated rings. The van der Waals surface area contributed by atoms with Gasteiger partial charge in [0.05, 0.1) is 19.6 Å². The summed E-state index contributed by atoms with van der Waals surface area (Å²) in [6.07, 6.45) is 3.69. The van der Waals surface area contributed by atoms with E-state index < -0.39 is 59.9 Å². The zero-order valence-corrected chi connectivity index (χ0v) is 23.7. The topological polar surface area (TPSA) is 172 Å². The minimum absolute atomic E-state index is 0.00142. The van der Waals surface area contributed by atoms with Crippen molar-refractivity contribution < 1.29 is 38.2 Å². The third-order valence-electron chi connectivity index (χ3n) is 6.94. The molecular weight excluding hydrogens is 562 g/mol. The third kappa shape index (κ3) is 8.61. The number of rotatable bonds is 3. The fourth-order valence-electron chi connectivity index (χ4n) is 4.48. The summed E-state index contributed by atoms with van der Waals surface area (Å²) in [6, 6.07) is -2.10. The number of fused-ring (bicyclic) bond motifs is 7. The molecule has 5 amide bonds. The van der Waals surface area contributed by atoms with Crippen LogP contribution < -0.4 is 21.3 Å². The maximum absolute atomic E-state index is 13.4. The van der Waals surface area contributed by atoms with Crippen molar-refractivity contribution in [1.82, 2.24) is 26.2 Å². The van der Waals surface area contributed by atoms with E-state index in [1.54, 1.807) is 17.1 Å². The van der Waals surface area contributed by atoms with Crippen LogP contribution in [0.4, 0.5) is 0 Å². The zero-order chi connectivity index (χ0) is 28.5. The molecule has 4 N–H and O–H groups in total. The second kappa shape index (κ2) is 14.2. The summed E-state index contributed by atoms with van der Waals surface area (Å²) in [5, 5.41) is 10.7. The number of hydrogen-bond donors (Lipinski definition) is 4. The normalized spacial score (nSPS) is 29.2. The lowest BCUT2D eigenvalue weighted by atomic mass is 10.1. The molecule has 4 rings (SSSR count). The van der Waals surface area contributed by atoms with Crippen LogP contribution in [0.3, 0.4) is 0 Å². The van der Waals surface area contributed by atoms with Gasteiger partial charge in [-0.3, -0.25) is 28.8 Å². The Balaban J connectivity index is 1.57. The number of amides is 5. The number of ether oxygens (including phenoxy) is 2. The fourth-order valence-corrected chi connectivity index (χ4v) is 6.63. The van der Waals surface area contributed by atoms with Gasteiger partial charge < -0.3 is 35.6 Å². The van der Waals surface area contributed by atoms with Gasteiger partial charge in [0.1, 0.15) is 30.3 Å². The van der Waals surface area contributed by atoms with E-state index in [-0.39, 0.29) is 30.9 Å². The average Bonchev–Trinajstić information content (AvgIpc) is 3.72. The number of nitrogens with zero attached hydrogens (tertiary/aromatic N) is 1. The molecule has 15 heteroatoms. The Morgan fingerprint density at radius 2 is 1.82 bits per heavy atom. The van der Waals surface area contributed by atoms with Gasteiger partial charge in [0, 0.05) is 31.0 Å². The minimum atomic E-state index is -1.15. The average molecular weight is 598 g/mol. The highest BCUT2D eigenvalue weighted by atomic mass is 33.1. The predicted molar refractivity (Wildman–Crippen MR) is 147 cm³/mol. The molecule has 0 aromatic rings. The van der Waals surface area contributed by atoms with Crippen LogP contribution in [0, 0.1) is 0 Å². The number of hydrogen-bond acceptors (Lipinski definition) is 10. The van der Waals surface area contributed by atoms with Crippen molar-refractivity contribution in [2.45, 2.75) is 62.3 Å².